The number of aromatic nitrogens is 3. The van der Waals surface area contributed by atoms with E-state index in [2.05, 4.69) is 81.8 Å². The summed E-state index contributed by atoms with van der Waals surface area (Å²) in [6.07, 6.45) is 5.85. The zero-order valence-electron chi connectivity index (χ0n) is 19.0. The fraction of sp³-hybridized carbons (Fsp3) is 0.462. The monoisotopic (exact) mass is 431 g/mol. The normalized spacial score (nSPS) is 19.9. The van der Waals surface area contributed by atoms with Crippen LogP contribution in [0.4, 0.5) is 5.69 Å². The van der Waals surface area contributed by atoms with Crippen LogP contribution in [0.1, 0.15) is 30.4 Å². The van der Waals surface area contributed by atoms with Crippen LogP contribution < -0.4 is 4.90 Å². The third-order valence-corrected chi connectivity index (χ3v) is 6.68. The van der Waals surface area contributed by atoms with Crippen molar-refractivity contribution in [2.75, 3.05) is 37.7 Å². The first-order valence-corrected chi connectivity index (χ1v) is 11.9. The molecule has 168 valence electrons. The Bertz CT molecular complexity index is 1000. The van der Waals surface area contributed by atoms with E-state index in [1.165, 1.54) is 29.7 Å². The summed E-state index contributed by atoms with van der Waals surface area (Å²) >= 11 is 0. The highest BCUT2D eigenvalue weighted by molar-refractivity contribution is 5.67. The van der Waals surface area contributed by atoms with E-state index in [9.17, 15) is 0 Å². The first-order chi connectivity index (χ1) is 15.7. The van der Waals surface area contributed by atoms with E-state index in [1.54, 1.807) is 0 Å². The maximum atomic E-state index is 5.85. The molecule has 1 atom stereocenters. The van der Waals surface area contributed by atoms with Crippen molar-refractivity contribution in [1.82, 2.24) is 19.9 Å². The minimum absolute atomic E-state index is 0.266. The second-order valence-corrected chi connectivity index (χ2v) is 9.06. The highest BCUT2D eigenvalue weighted by Gasteiger charge is 2.19. The van der Waals surface area contributed by atoms with E-state index in [1.807, 2.05) is 4.68 Å². The average molecular weight is 432 g/mol. The molecular formula is C26H33N5O. The summed E-state index contributed by atoms with van der Waals surface area (Å²) in [7, 11) is 0. The molecular weight excluding hydrogens is 398 g/mol. The maximum absolute atomic E-state index is 5.85. The molecule has 6 heteroatoms. The van der Waals surface area contributed by atoms with Gasteiger partial charge in [0, 0.05) is 50.6 Å². The number of rotatable bonds is 6. The molecule has 6 nitrogen and oxygen atoms in total. The standard InChI is InChI=1S/C26H33N5O/c1-21-17-23(30-14-12-29(13-15-30)18-22-7-3-2-4-8-22)10-11-25(21)26-20-31(28-27-26)19-24-9-5-6-16-32-24/h2-4,7-8,10-11,17,20,24H,5-6,9,12-16,18-19H2,1H3. The molecule has 0 N–H and O–H groups in total. The maximum Gasteiger partial charge on any atom is 0.113 e. The fourth-order valence-corrected chi connectivity index (χ4v) is 4.81. The zero-order chi connectivity index (χ0) is 21.8. The predicted molar refractivity (Wildman–Crippen MR) is 128 cm³/mol. The third kappa shape index (κ3) is 5.03. The first kappa shape index (κ1) is 21.2. The molecule has 2 saturated heterocycles. The highest BCUT2D eigenvalue weighted by Crippen LogP contribution is 2.27. The van der Waals surface area contributed by atoms with Crippen molar-refractivity contribution < 1.29 is 4.74 Å². The van der Waals surface area contributed by atoms with Crippen LogP contribution in [-0.4, -0.2) is 58.8 Å². The third-order valence-electron chi connectivity index (χ3n) is 6.68. The molecule has 0 bridgehead atoms. The highest BCUT2D eigenvalue weighted by atomic mass is 16.5. The van der Waals surface area contributed by atoms with Gasteiger partial charge in [-0.1, -0.05) is 41.6 Å². The molecule has 2 aromatic carbocycles. The predicted octanol–water partition coefficient (Wildman–Crippen LogP) is 4.14. The Balaban J connectivity index is 1.19. The number of hydrogen-bond donors (Lipinski definition) is 0. The van der Waals surface area contributed by atoms with E-state index < -0.39 is 0 Å². The van der Waals surface area contributed by atoms with E-state index in [0.717, 1.165) is 63.6 Å². The lowest BCUT2D eigenvalue weighted by Crippen LogP contribution is -2.46. The van der Waals surface area contributed by atoms with Crippen LogP contribution in [0.25, 0.3) is 11.3 Å². The molecule has 3 aromatic rings. The Morgan fingerprint density at radius 1 is 1.00 bits per heavy atom. The molecule has 5 rings (SSSR count). The van der Waals surface area contributed by atoms with Gasteiger partial charge in [-0.15, -0.1) is 5.10 Å². The van der Waals surface area contributed by atoms with Crippen LogP contribution in [0.15, 0.2) is 54.7 Å². The molecule has 32 heavy (non-hydrogen) atoms. The van der Waals surface area contributed by atoms with Crippen LogP contribution >= 0.6 is 0 Å². The second-order valence-electron chi connectivity index (χ2n) is 9.06. The molecule has 0 amide bonds. The number of ether oxygens (including phenoxy) is 1. The van der Waals surface area contributed by atoms with Crippen molar-refractivity contribution in [3.8, 4) is 11.3 Å². The second kappa shape index (κ2) is 9.84. The van der Waals surface area contributed by atoms with Crippen LogP contribution in [0, 0.1) is 6.92 Å². The summed E-state index contributed by atoms with van der Waals surface area (Å²) < 4.78 is 7.78. The number of anilines is 1. The quantitative estimate of drug-likeness (QED) is 0.587. The summed E-state index contributed by atoms with van der Waals surface area (Å²) in [5.41, 5.74) is 6.04. The summed E-state index contributed by atoms with van der Waals surface area (Å²) in [6, 6.07) is 17.5. The van der Waals surface area contributed by atoms with E-state index in [4.69, 9.17) is 4.74 Å². The average Bonchev–Trinajstić information content (AvgIpc) is 3.29. The van der Waals surface area contributed by atoms with E-state index in [0.29, 0.717) is 0 Å². The fourth-order valence-electron chi connectivity index (χ4n) is 4.81. The van der Waals surface area contributed by atoms with Crippen molar-refractivity contribution in [2.24, 2.45) is 0 Å². The molecule has 2 aliphatic heterocycles. The number of benzene rings is 2. The molecule has 0 radical (unpaired) electrons. The van der Waals surface area contributed by atoms with Gasteiger partial charge in [-0.25, -0.2) is 4.68 Å². The van der Waals surface area contributed by atoms with Gasteiger partial charge in [-0.2, -0.15) is 0 Å². The van der Waals surface area contributed by atoms with Gasteiger partial charge in [0.25, 0.3) is 0 Å². The lowest BCUT2D eigenvalue weighted by molar-refractivity contribution is 0.00370. The number of aryl methyl sites for hydroxylation is 1. The van der Waals surface area contributed by atoms with Crippen LogP contribution in [0.2, 0.25) is 0 Å². The first-order valence-electron chi connectivity index (χ1n) is 11.9. The van der Waals surface area contributed by atoms with Gasteiger partial charge in [0.1, 0.15) is 5.69 Å². The lowest BCUT2D eigenvalue weighted by atomic mass is 10.0. The van der Waals surface area contributed by atoms with Crippen LogP contribution in [0.3, 0.4) is 0 Å². The smallest absolute Gasteiger partial charge is 0.113 e. The Labute approximate surface area is 190 Å². The molecule has 1 unspecified atom stereocenters. The summed E-state index contributed by atoms with van der Waals surface area (Å²) in [6.45, 7) is 9.17. The van der Waals surface area contributed by atoms with Gasteiger partial charge in [-0.3, -0.25) is 4.90 Å². The topological polar surface area (TPSA) is 46.4 Å². The van der Waals surface area contributed by atoms with Crippen molar-refractivity contribution in [1.29, 1.82) is 0 Å². The molecule has 1 aromatic heterocycles. The molecule has 3 heterocycles. The SMILES string of the molecule is Cc1cc(N2CCN(Cc3ccccc3)CC2)ccc1-c1cn(CC2CCCCO2)nn1. The molecule has 0 spiro atoms. The Kier molecular flexibility index (Phi) is 6.51. The molecule has 2 aliphatic rings. The van der Waals surface area contributed by atoms with Gasteiger partial charge in [0.05, 0.1) is 18.8 Å². The zero-order valence-corrected chi connectivity index (χ0v) is 19.0. The Morgan fingerprint density at radius 3 is 2.59 bits per heavy atom. The van der Waals surface area contributed by atoms with Gasteiger partial charge >= 0.3 is 0 Å². The minimum Gasteiger partial charge on any atom is -0.376 e. The van der Waals surface area contributed by atoms with Gasteiger partial charge in [-0.05, 0) is 49.4 Å². The van der Waals surface area contributed by atoms with Gasteiger partial charge in [0.2, 0.25) is 0 Å². The number of nitrogens with zero attached hydrogens (tertiary/aromatic N) is 5. The van der Waals surface area contributed by atoms with E-state index >= 15 is 0 Å². The van der Waals surface area contributed by atoms with Crippen molar-refractivity contribution in [3.63, 3.8) is 0 Å². The molecule has 2 fully saturated rings. The van der Waals surface area contributed by atoms with Gasteiger partial charge in [0.15, 0.2) is 0 Å². The molecule has 0 saturated carbocycles. The van der Waals surface area contributed by atoms with E-state index in [-0.39, 0.29) is 6.10 Å². The summed E-state index contributed by atoms with van der Waals surface area (Å²) in [5, 5.41) is 8.80. The number of piperazine rings is 1. The van der Waals surface area contributed by atoms with Crippen LogP contribution in [0.5, 0.6) is 0 Å². The summed E-state index contributed by atoms with van der Waals surface area (Å²) in [5.74, 6) is 0. The van der Waals surface area contributed by atoms with Crippen molar-refractivity contribution >= 4 is 5.69 Å². The summed E-state index contributed by atoms with van der Waals surface area (Å²) in [4.78, 5) is 5.04. The van der Waals surface area contributed by atoms with Gasteiger partial charge < -0.3 is 9.64 Å². The Morgan fingerprint density at radius 2 is 1.84 bits per heavy atom. The lowest BCUT2D eigenvalue weighted by Gasteiger charge is -2.36. The largest absolute Gasteiger partial charge is 0.376 e. The Hall–Kier alpha value is -2.70. The van der Waals surface area contributed by atoms with Crippen LogP contribution in [-0.2, 0) is 17.8 Å². The van der Waals surface area contributed by atoms with Crippen molar-refractivity contribution in [2.45, 2.75) is 45.4 Å². The molecule has 0 aliphatic carbocycles. The minimum atomic E-state index is 0.266. The number of hydrogen-bond acceptors (Lipinski definition) is 5. The van der Waals surface area contributed by atoms with Crippen molar-refractivity contribution in [3.05, 3.63) is 65.9 Å².